The Labute approximate surface area is 113 Å². The number of rotatable bonds is 6. The van der Waals surface area contributed by atoms with Gasteiger partial charge in [-0.25, -0.2) is 4.98 Å². The lowest BCUT2D eigenvalue weighted by molar-refractivity contribution is 0.300. The van der Waals surface area contributed by atoms with Crippen molar-refractivity contribution >= 4 is 5.82 Å². The van der Waals surface area contributed by atoms with Gasteiger partial charge in [0.15, 0.2) is 0 Å². The van der Waals surface area contributed by atoms with Crippen molar-refractivity contribution in [2.75, 3.05) is 5.73 Å². The summed E-state index contributed by atoms with van der Waals surface area (Å²) in [5, 5.41) is 0. The number of unbranched alkanes of at least 4 members (excludes halogenated alkanes) is 1. The van der Waals surface area contributed by atoms with E-state index in [4.69, 9.17) is 10.5 Å². The zero-order valence-corrected chi connectivity index (χ0v) is 11.2. The van der Waals surface area contributed by atoms with Crippen LogP contribution in [0.4, 0.5) is 5.82 Å². The minimum Gasteiger partial charge on any atom is -0.487 e. The van der Waals surface area contributed by atoms with Crippen LogP contribution in [0.2, 0.25) is 0 Å². The number of hydrogen-bond acceptors (Lipinski definition) is 4. The van der Waals surface area contributed by atoms with Crippen LogP contribution >= 0.6 is 0 Å². The molecule has 0 spiro atoms. The van der Waals surface area contributed by atoms with Crippen molar-refractivity contribution in [1.82, 2.24) is 9.97 Å². The maximum Gasteiger partial charge on any atom is 0.141 e. The lowest BCUT2D eigenvalue weighted by Gasteiger charge is -2.06. The van der Waals surface area contributed by atoms with Gasteiger partial charge in [0.05, 0.1) is 18.1 Å². The van der Waals surface area contributed by atoms with Gasteiger partial charge < -0.3 is 10.5 Å². The van der Waals surface area contributed by atoms with Crippen LogP contribution in [0.3, 0.4) is 0 Å². The van der Waals surface area contributed by atoms with Crippen LogP contribution < -0.4 is 10.5 Å². The van der Waals surface area contributed by atoms with E-state index in [1.165, 1.54) is 24.6 Å². The largest absolute Gasteiger partial charge is 0.487 e. The van der Waals surface area contributed by atoms with Gasteiger partial charge in [-0.1, -0.05) is 25.5 Å². The zero-order chi connectivity index (χ0) is 13.5. The Bertz CT molecular complexity index is 494. The Hall–Kier alpha value is -2.10. The van der Waals surface area contributed by atoms with Crippen LogP contribution in [-0.2, 0) is 13.0 Å². The normalized spacial score (nSPS) is 10.4. The summed E-state index contributed by atoms with van der Waals surface area (Å²) < 4.78 is 5.65. The molecular weight excluding hydrogens is 238 g/mol. The zero-order valence-electron chi connectivity index (χ0n) is 11.2. The van der Waals surface area contributed by atoms with Gasteiger partial charge in [0.2, 0.25) is 0 Å². The van der Waals surface area contributed by atoms with Crippen molar-refractivity contribution in [2.24, 2.45) is 0 Å². The molecule has 0 radical (unpaired) electrons. The molecule has 0 saturated carbocycles. The van der Waals surface area contributed by atoms with Crippen LogP contribution in [0.25, 0.3) is 0 Å². The molecule has 2 rings (SSSR count). The van der Waals surface area contributed by atoms with Crippen molar-refractivity contribution in [3.05, 3.63) is 47.9 Å². The Morgan fingerprint density at radius 3 is 2.53 bits per heavy atom. The number of nitrogen functional groups attached to an aromatic ring is 1. The van der Waals surface area contributed by atoms with Crippen LogP contribution in [0, 0.1) is 0 Å². The molecule has 19 heavy (non-hydrogen) atoms. The van der Waals surface area contributed by atoms with E-state index >= 15 is 0 Å². The Kier molecular flexibility index (Phi) is 4.72. The molecule has 100 valence electrons. The average molecular weight is 257 g/mol. The summed E-state index contributed by atoms with van der Waals surface area (Å²) in [6.07, 6.45) is 6.73. The molecule has 4 heteroatoms. The number of nitrogens with two attached hydrogens (primary N) is 1. The summed E-state index contributed by atoms with van der Waals surface area (Å²) in [6, 6.07) is 8.21. The molecule has 1 aromatic heterocycles. The summed E-state index contributed by atoms with van der Waals surface area (Å²) in [5.74, 6) is 1.27. The van der Waals surface area contributed by atoms with E-state index in [1.54, 1.807) is 6.20 Å². The molecule has 0 amide bonds. The van der Waals surface area contributed by atoms with E-state index < -0.39 is 0 Å². The predicted octanol–water partition coefficient (Wildman–Crippen LogP) is 2.98. The smallest absolute Gasteiger partial charge is 0.141 e. The van der Waals surface area contributed by atoms with E-state index in [1.807, 2.05) is 12.1 Å². The molecule has 0 atom stereocenters. The van der Waals surface area contributed by atoms with Gasteiger partial charge in [0.1, 0.15) is 18.2 Å². The van der Waals surface area contributed by atoms with E-state index in [9.17, 15) is 0 Å². The van der Waals surface area contributed by atoms with Crippen molar-refractivity contribution in [3.8, 4) is 5.75 Å². The van der Waals surface area contributed by atoms with E-state index in [2.05, 4.69) is 29.0 Å². The second kappa shape index (κ2) is 6.73. The number of hydrogen-bond donors (Lipinski definition) is 1. The molecule has 0 saturated heterocycles. The lowest BCUT2D eigenvalue weighted by Crippen LogP contribution is -2.00. The van der Waals surface area contributed by atoms with Crippen LogP contribution in [-0.4, -0.2) is 9.97 Å². The summed E-state index contributed by atoms with van der Waals surface area (Å²) in [5.41, 5.74) is 7.59. The van der Waals surface area contributed by atoms with Crippen molar-refractivity contribution in [2.45, 2.75) is 32.8 Å². The van der Waals surface area contributed by atoms with E-state index in [-0.39, 0.29) is 0 Å². The minimum absolute atomic E-state index is 0.404. The number of anilines is 1. The van der Waals surface area contributed by atoms with Gasteiger partial charge in [0.25, 0.3) is 0 Å². The third kappa shape index (κ3) is 4.25. The van der Waals surface area contributed by atoms with Gasteiger partial charge in [-0.05, 0) is 30.5 Å². The standard InChI is InChI=1S/C15H19N3O/c1-2-3-4-12-5-7-14(8-6-12)19-11-13-9-18-15(16)10-17-13/h5-10H,2-4,11H2,1H3,(H2,16,18). The Morgan fingerprint density at radius 2 is 1.89 bits per heavy atom. The number of ether oxygens (including phenoxy) is 1. The fourth-order valence-electron chi connectivity index (χ4n) is 1.73. The van der Waals surface area contributed by atoms with Crippen molar-refractivity contribution in [3.63, 3.8) is 0 Å². The molecule has 2 N–H and O–H groups in total. The molecule has 2 aromatic rings. The fourth-order valence-corrected chi connectivity index (χ4v) is 1.73. The highest BCUT2D eigenvalue weighted by Gasteiger charge is 1.99. The quantitative estimate of drug-likeness (QED) is 0.864. The second-order valence-electron chi connectivity index (χ2n) is 4.47. The van der Waals surface area contributed by atoms with Crippen molar-refractivity contribution < 1.29 is 4.74 Å². The lowest BCUT2D eigenvalue weighted by atomic mass is 10.1. The molecule has 0 fully saturated rings. The Morgan fingerprint density at radius 1 is 1.11 bits per heavy atom. The van der Waals surface area contributed by atoms with Gasteiger partial charge in [-0.2, -0.15) is 0 Å². The highest BCUT2D eigenvalue weighted by molar-refractivity contribution is 5.27. The maximum absolute atomic E-state index is 5.65. The number of benzene rings is 1. The first-order valence-corrected chi connectivity index (χ1v) is 6.56. The highest BCUT2D eigenvalue weighted by Crippen LogP contribution is 2.15. The van der Waals surface area contributed by atoms with Gasteiger partial charge in [-0.3, -0.25) is 4.98 Å². The summed E-state index contributed by atoms with van der Waals surface area (Å²) >= 11 is 0. The topological polar surface area (TPSA) is 61.0 Å². The second-order valence-corrected chi connectivity index (χ2v) is 4.47. The average Bonchev–Trinajstić information content (AvgIpc) is 2.46. The minimum atomic E-state index is 0.404. The molecule has 0 aliphatic heterocycles. The molecule has 0 aliphatic rings. The van der Waals surface area contributed by atoms with Crippen LogP contribution in [0.1, 0.15) is 31.0 Å². The first-order valence-electron chi connectivity index (χ1n) is 6.56. The SMILES string of the molecule is CCCCc1ccc(OCc2cnc(N)cn2)cc1. The molecule has 1 aromatic carbocycles. The number of aromatic nitrogens is 2. The fraction of sp³-hybridized carbons (Fsp3) is 0.333. The molecule has 0 bridgehead atoms. The monoisotopic (exact) mass is 257 g/mol. The van der Waals surface area contributed by atoms with E-state index in [0.29, 0.717) is 12.4 Å². The van der Waals surface area contributed by atoms with Crippen LogP contribution in [0.5, 0.6) is 5.75 Å². The molecule has 0 aliphatic carbocycles. The summed E-state index contributed by atoms with van der Waals surface area (Å²) in [6.45, 7) is 2.60. The first-order chi connectivity index (χ1) is 9.28. The maximum atomic E-state index is 5.65. The number of nitrogens with zero attached hydrogens (tertiary/aromatic N) is 2. The van der Waals surface area contributed by atoms with E-state index in [0.717, 1.165) is 17.9 Å². The third-order valence-electron chi connectivity index (χ3n) is 2.85. The molecular formula is C15H19N3O. The Balaban J connectivity index is 1.87. The summed E-state index contributed by atoms with van der Waals surface area (Å²) in [4.78, 5) is 8.11. The highest BCUT2D eigenvalue weighted by atomic mass is 16.5. The summed E-state index contributed by atoms with van der Waals surface area (Å²) in [7, 11) is 0. The third-order valence-corrected chi connectivity index (χ3v) is 2.85. The number of aryl methyl sites for hydroxylation is 1. The van der Waals surface area contributed by atoms with Crippen LogP contribution in [0.15, 0.2) is 36.7 Å². The van der Waals surface area contributed by atoms with Gasteiger partial charge in [-0.15, -0.1) is 0 Å². The molecule has 4 nitrogen and oxygen atoms in total. The van der Waals surface area contributed by atoms with Gasteiger partial charge in [0, 0.05) is 0 Å². The van der Waals surface area contributed by atoms with Crippen molar-refractivity contribution in [1.29, 1.82) is 0 Å². The molecule has 1 heterocycles. The van der Waals surface area contributed by atoms with Gasteiger partial charge >= 0.3 is 0 Å². The molecule has 0 unspecified atom stereocenters. The predicted molar refractivity (Wildman–Crippen MR) is 75.8 cm³/mol. The first kappa shape index (κ1) is 13.3.